The minimum Gasteiger partial charge on any atom is -0.456 e. The summed E-state index contributed by atoms with van der Waals surface area (Å²) >= 11 is 0. The Morgan fingerprint density at radius 2 is 1.17 bits per heavy atom. The largest absolute Gasteiger partial charge is 0.456 e. The third-order valence-electron chi connectivity index (χ3n) is 9.48. The number of hydrogen-bond acceptors (Lipinski definition) is 2. The van der Waals surface area contributed by atoms with Crippen molar-refractivity contribution in [2.24, 2.45) is 0 Å². The van der Waals surface area contributed by atoms with Crippen LogP contribution in [0.15, 0.2) is 180 Å². The first kappa shape index (κ1) is 28.1. The molecule has 0 unspecified atom stereocenters. The lowest BCUT2D eigenvalue weighted by Crippen LogP contribution is -2.10. The standard InChI is InChI=1S/C46H33NO/c1-4-12-32(13-5-1)33-20-24-38(25-21-33)47(37-16-8-3-9-17-37)39-26-28-40(43(31-39)34-14-6-2-7-15-34)35-22-27-41-36(30-35)23-29-45-46(41)42-18-10-11-19-44(42)48-45/h1,3-6,8-31H,2,7H2. The van der Waals surface area contributed by atoms with Crippen LogP contribution in [0.2, 0.25) is 0 Å². The van der Waals surface area contributed by atoms with Gasteiger partial charge in [0.2, 0.25) is 0 Å². The zero-order chi connectivity index (χ0) is 31.9. The Bertz CT molecular complexity index is 2480. The lowest BCUT2D eigenvalue weighted by atomic mass is 9.89. The molecule has 0 fully saturated rings. The van der Waals surface area contributed by atoms with E-state index in [4.69, 9.17) is 4.42 Å². The molecular weight excluding hydrogens is 583 g/mol. The van der Waals surface area contributed by atoms with Crippen LogP contribution in [0.4, 0.5) is 17.1 Å². The fourth-order valence-electron chi connectivity index (χ4n) is 7.15. The summed E-state index contributed by atoms with van der Waals surface area (Å²) in [4.78, 5) is 2.36. The summed E-state index contributed by atoms with van der Waals surface area (Å²) in [6.07, 6.45) is 9.08. The molecule has 8 aromatic rings. The van der Waals surface area contributed by atoms with E-state index in [9.17, 15) is 0 Å². The molecule has 228 valence electrons. The molecule has 0 atom stereocenters. The number of para-hydroxylation sites is 2. The molecule has 0 amide bonds. The van der Waals surface area contributed by atoms with E-state index >= 15 is 0 Å². The number of furan rings is 1. The zero-order valence-corrected chi connectivity index (χ0v) is 26.5. The molecule has 7 aromatic carbocycles. The first-order valence-electron chi connectivity index (χ1n) is 16.7. The van der Waals surface area contributed by atoms with Gasteiger partial charge in [0.05, 0.1) is 0 Å². The van der Waals surface area contributed by atoms with Crippen molar-refractivity contribution in [2.45, 2.75) is 12.8 Å². The van der Waals surface area contributed by atoms with Gasteiger partial charge in [-0.05, 0) is 112 Å². The van der Waals surface area contributed by atoms with Gasteiger partial charge in [0.25, 0.3) is 0 Å². The van der Waals surface area contributed by atoms with E-state index in [0.29, 0.717) is 0 Å². The van der Waals surface area contributed by atoms with Crippen molar-refractivity contribution < 1.29 is 4.42 Å². The van der Waals surface area contributed by atoms with Crippen LogP contribution in [-0.2, 0) is 0 Å². The molecule has 0 saturated heterocycles. The highest BCUT2D eigenvalue weighted by Gasteiger charge is 2.18. The molecule has 2 nitrogen and oxygen atoms in total. The van der Waals surface area contributed by atoms with Crippen molar-refractivity contribution in [3.63, 3.8) is 0 Å². The summed E-state index contributed by atoms with van der Waals surface area (Å²) in [5.41, 5.74) is 12.6. The average Bonchev–Trinajstić information content (AvgIpc) is 3.55. The molecule has 2 heteroatoms. The van der Waals surface area contributed by atoms with Gasteiger partial charge in [-0.1, -0.05) is 121 Å². The molecule has 0 saturated carbocycles. The highest BCUT2D eigenvalue weighted by molar-refractivity contribution is 6.19. The van der Waals surface area contributed by atoms with E-state index in [2.05, 4.69) is 169 Å². The quantitative estimate of drug-likeness (QED) is 0.185. The summed E-state index contributed by atoms with van der Waals surface area (Å²) < 4.78 is 6.19. The molecule has 1 aliphatic rings. The SMILES string of the molecule is C1=CC(c2cc(N(c3ccccc3)c3ccc(-c4ccccc4)cc3)ccc2-c2ccc3c(ccc4oc5ccccc5c43)c2)=CCC1. The van der Waals surface area contributed by atoms with Gasteiger partial charge >= 0.3 is 0 Å². The highest BCUT2D eigenvalue weighted by Crippen LogP contribution is 2.42. The summed E-state index contributed by atoms with van der Waals surface area (Å²) in [5.74, 6) is 0. The van der Waals surface area contributed by atoms with E-state index in [0.717, 1.165) is 46.5 Å². The van der Waals surface area contributed by atoms with Crippen LogP contribution in [0.1, 0.15) is 18.4 Å². The van der Waals surface area contributed by atoms with Crippen LogP contribution < -0.4 is 4.90 Å². The minimum absolute atomic E-state index is 0.927. The first-order chi connectivity index (χ1) is 23.8. The molecule has 1 heterocycles. The average molecular weight is 616 g/mol. The van der Waals surface area contributed by atoms with Crippen molar-refractivity contribution in [2.75, 3.05) is 4.90 Å². The Kier molecular flexibility index (Phi) is 6.98. The lowest BCUT2D eigenvalue weighted by molar-refractivity contribution is 0.669. The fraction of sp³-hybridized carbons (Fsp3) is 0.0435. The molecule has 48 heavy (non-hydrogen) atoms. The van der Waals surface area contributed by atoms with Crippen LogP contribution in [-0.4, -0.2) is 0 Å². The van der Waals surface area contributed by atoms with Gasteiger partial charge in [-0.2, -0.15) is 0 Å². The molecule has 1 aromatic heterocycles. The van der Waals surface area contributed by atoms with E-state index < -0.39 is 0 Å². The molecule has 0 spiro atoms. The Morgan fingerprint density at radius 1 is 0.458 bits per heavy atom. The van der Waals surface area contributed by atoms with E-state index in [1.165, 1.54) is 49.5 Å². The van der Waals surface area contributed by atoms with Crippen molar-refractivity contribution in [3.8, 4) is 22.3 Å². The zero-order valence-electron chi connectivity index (χ0n) is 26.5. The highest BCUT2D eigenvalue weighted by atomic mass is 16.3. The van der Waals surface area contributed by atoms with Gasteiger partial charge in [0.15, 0.2) is 0 Å². The second-order valence-electron chi connectivity index (χ2n) is 12.4. The molecule has 0 aliphatic heterocycles. The summed E-state index contributed by atoms with van der Waals surface area (Å²) in [6, 6.07) is 56.5. The first-order valence-corrected chi connectivity index (χ1v) is 16.7. The summed E-state index contributed by atoms with van der Waals surface area (Å²) in [6.45, 7) is 0. The number of rotatable bonds is 6. The maximum Gasteiger partial charge on any atom is 0.136 e. The van der Waals surface area contributed by atoms with Crippen LogP contribution in [0, 0.1) is 0 Å². The molecule has 1 aliphatic carbocycles. The van der Waals surface area contributed by atoms with Crippen LogP contribution in [0.25, 0.3) is 60.5 Å². The van der Waals surface area contributed by atoms with E-state index in [1.54, 1.807) is 0 Å². The number of hydrogen-bond donors (Lipinski definition) is 0. The Balaban J connectivity index is 1.19. The van der Waals surface area contributed by atoms with Crippen molar-refractivity contribution in [3.05, 3.63) is 182 Å². The maximum atomic E-state index is 6.19. The molecule has 0 bridgehead atoms. The van der Waals surface area contributed by atoms with Crippen LogP contribution >= 0.6 is 0 Å². The van der Waals surface area contributed by atoms with Gasteiger partial charge in [0, 0.05) is 27.8 Å². The second kappa shape index (κ2) is 11.9. The number of anilines is 3. The Hall–Kier alpha value is -6.12. The van der Waals surface area contributed by atoms with E-state index in [1.807, 2.05) is 12.1 Å². The molecule has 9 rings (SSSR count). The number of allylic oxidation sites excluding steroid dienone is 4. The third kappa shape index (κ3) is 4.99. The topological polar surface area (TPSA) is 16.4 Å². The van der Waals surface area contributed by atoms with Crippen molar-refractivity contribution in [1.82, 2.24) is 0 Å². The van der Waals surface area contributed by atoms with Crippen LogP contribution in [0.3, 0.4) is 0 Å². The van der Waals surface area contributed by atoms with Gasteiger partial charge in [-0.25, -0.2) is 0 Å². The third-order valence-corrected chi connectivity index (χ3v) is 9.48. The monoisotopic (exact) mass is 615 g/mol. The number of benzene rings is 7. The normalized spacial score (nSPS) is 12.9. The van der Waals surface area contributed by atoms with Crippen molar-refractivity contribution in [1.29, 1.82) is 0 Å². The van der Waals surface area contributed by atoms with Crippen molar-refractivity contribution >= 4 is 55.3 Å². The lowest BCUT2D eigenvalue weighted by Gasteiger charge is -2.27. The van der Waals surface area contributed by atoms with Gasteiger partial charge < -0.3 is 9.32 Å². The molecular formula is C46H33NO. The fourth-order valence-corrected chi connectivity index (χ4v) is 7.15. The Labute approximate surface area is 280 Å². The summed E-state index contributed by atoms with van der Waals surface area (Å²) in [7, 11) is 0. The predicted molar refractivity (Wildman–Crippen MR) is 203 cm³/mol. The van der Waals surface area contributed by atoms with Gasteiger partial charge in [-0.3, -0.25) is 0 Å². The predicted octanol–water partition coefficient (Wildman–Crippen LogP) is 13.3. The second-order valence-corrected chi connectivity index (χ2v) is 12.4. The smallest absolute Gasteiger partial charge is 0.136 e. The minimum atomic E-state index is 0.927. The van der Waals surface area contributed by atoms with Gasteiger partial charge in [-0.15, -0.1) is 0 Å². The number of fused-ring (bicyclic) bond motifs is 5. The molecule has 0 N–H and O–H groups in total. The number of nitrogens with zero attached hydrogens (tertiary/aromatic N) is 1. The summed E-state index contributed by atoms with van der Waals surface area (Å²) in [5, 5.41) is 4.76. The maximum absolute atomic E-state index is 6.19. The molecule has 0 radical (unpaired) electrons. The Morgan fingerprint density at radius 3 is 1.98 bits per heavy atom. The van der Waals surface area contributed by atoms with Crippen LogP contribution in [0.5, 0.6) is 0 Å². The van der Waals surface area contributed by atoms with E-state index in [-0.39, 0.29) is 0 Å². The van der Waals surface area contributed by atoms with Gasteiger partial charge in [0.1, 0.15) is 11.2 Å².